The Kier molecular flexibility index (Phi) is 6.01. The second-order valence-corrected chi connectivity index (χ2v) is 9.64. The van der Waals surface area contributed by atoms with Crippen molar-refractivity contribution < 1.29 is 13.2 Å². The van der Waals surface area contributed by atoms with Crippen LogP contribution in [0.5, 0.6) is 0 Å². The molecule has 0 heterocycles. The fourth-order valence-corrected chi connectivity index (χ4v) is 4.69. The number of sulfonamides is 1. The summed E-state index contributed by atoms with van der Waals surface area (Å²) in [6, 6.07) is 11.1. The Morgan fingerprint density at radius 2 is 1.93 bits per heavy atom. The summed E-state index contributed by atoms with van der Waals surface area (Å²) in [6.45, 7) is 3.35. The van der Waals surface area contributed by atoms with Crippen LogP contribution < -0.4 is 9.62 Å². The average Bonchev–Trinajstić information content (AvgIpc) is 3.09. The summed E-state index contributed by atoms with van der Waals surface area (Å²) in [4.78, 5) is 12.6. The van der Waals surface area contributed by atoms with Crippen molar-refractivity contribution in [1.82, 2.24) is 5.32 Å². The van der Waals surface area contributed by atoms with Crippen LogP contribution in [-0.4, -0.2) is 27.1 Å². The van der Waals surface area contributed by atoms with Gasteiger partial charge in [0.05, 0.1) is 18.0 Å². The standard InChI is InChI=1S/C21H25ClN2O3S/c1-14-19(22)8-5-9-20(14)24(28(3,26)27)13-21(25)23-15(2)17-11-10-16-6-4-7-18(16)12-17/h5,8-12,15H,4,6-7,13H2,1-3H3,(H,23,25). The van der Waals surface area contributed by atoms with Gasteiger partial charge >= 0.3 is 0 Å². The minimum absolute atomic E-state index is 0.208. The largest absolute Gasteiger partial charge is 0.348 e. The third-order valence-corrected chi connectivity index (χ3v) is 6.73. The predicted octanol–water partition coefficient (Wildman–Crippen LogP) is 3.78. The Hall–Kier alpha value is -2.05. The zero-order chi connectivity index (χ0) is 20.5. The van der Waals surface area contributed by atoms with E-state index in [2.05, 4.69) is 17.4 Å². The molecule has 1 unspecified atom stereocenters. The number of nitrogens with zero attached hydrogens (tertiary/aromatic N) is 1. The van der Waals surface area contributed by atoms with Gasteiger partial charge in [0.25, 0.3) is 0 Å². The number of carbonyl (C=O) groups excluding carboxylic acids is 1. The molecule has 7 heteroatoms. The molecular weight excluding hydrogens is 396 g/mol. The predicted molar refractivity (Wildman–Crippen MR) is 113 cm³/mol. The summed E-state index contributed by atoms with van der Waals surface area (Å²) in [5.41, 5.74) is 4.77. The molecule has 0 aliphatic heterocycles. The lowest BCUT2D eigenvalue weighted by Crippen LogP contribution is -2.41. The molecule has 1 atom stereocenters. The summed E-state index contributed by atoms with van der Waals surface area (Å²) < 4.78 is 25.7. The number of amides is 1. The smallest absolute Gasteiger partial charge is 0.241 e. The number of carbonyl (C=O) groups is 1. The lowest BCUT2D eigenvalue weighted by molar-refractivity contribution is -0.120. The van der Waals surface area contributed by atoms with Gasteiger partial charge in [-0.25, -0.2) is 8.42 Å². The summed E-state index contributed by atoms with van der Waals surface area (Å²) in [7, 11) is -3.65. The first kappa shape index (κ1) is 20.7. The van der Waals surface area contributed by atoms with Gasteiger partial charge in [-0.15, -0.1) is 0 Å². The van der Waals surface area contributed by atoms with E-state index in [9.17, 15) is 13.2 Å². The van der Waals surface area contributed by atoms with E-state index in [-0.39, 0.29) is 18.5 Å². The number of benzene rings is 2. The minimum atomic E-state index is -3.65. The van der Waals surface area contributed by atoms with Gasteiger partial charge in [0.1, 0.15) is 6.54 Å². The minimum Gasteiger partial charge on any atom is -0.348 e. The number of halogens is 1. The van der Waals surface area contributed by atoms with E-state index in [0.29, 0.717) is 16.3 Å². The number of nitrogens with one attached hydrogen (secondary N) is 1. The highest BCUT2D eigenvalue weighted by Crippen LogP contribution is 2.28. The third kappa shape index (κ3) is 4.50. The zero-order valence-corrected chi connectivity index (χ0v) is 17.9. The summed E-state index contributed by atoms with van der Waals surface area (Å²) in [5.74, 6) is -0.363. The van der Waals surface area contributed by atoms with Crippen LogP contribution in [0.2, 0.25) is 5.02 Å². The number of hydrogen-bond acceptors (Lipinski definition) is 3. The van der Waals surface area contributed by atoms with Crippen LogP contribution in [0.4, 0.5) is 5.69 Å². The molecule has 0 fully saturated rings. The maximum Gasteiger partial charge on any atom is 0.241 e. The van der Waals surface area contributed by atoms with Crippen molar-refractivity contribution in [2.24, 2.45) is 0 Å². The Labute approximate surface area is 171 Å². The molecule has 0 saturated carbocycles. The molecule has 150 valence electrons. The quantitative estimate of drug-likeness (QED) is 0.773. The van der Waals surface area contributed by atoms with Crippen LogP contribution in [0.1, 0.15) is 41.6 Å². The van der Waals surface area contributed by atoms with Crippen LogP contribution in [0.3, 0.4) is 0 Å². The molecule has 0 radical (unpaired) electrons. The van der Waals surface area contributed by atoms with Crippen LogP contribution in [0.25, 0.3) is 0 Å². The highest BCUT2D eigenvalue weighted by Gasteiger charge is 2.24. The van der Waals surface area contributed by atoms with Crippen LogP contribution in [-0.2, 0) is 27.7 Å². The van der Waals surface area contributed by atoms with Crippen molar-refractivity contribution in [1.29, 1.82) is 0 Å². The second-order valence-electron chi connectivity index (χ2n) is 7.32. The molecule has 1 N–H and O–H groups in total. The van der Waals surface area contributed by atoms with Crippen molar-refractivity contribution in [2.45, 2.75) is 39.2 Å². The van der Waals surface area contributed by atoms with Crippen LogP contribution >= 0.6 is 11.6 Å². The maximum atomic E-state index is 12.6. The first-order valence-corrected chi connectivity index (χ1v) is 11.5. The summed E-state index contributed by atoms with van der Waals surface area (Å²) in [5, 5.41) is 3.37. The number of aryl methyl sites for hydroxylation is 2. The van der Waals surface area contributed by atoms with Crippen molar-refractivity contribution in [2.75, 3.05) is 17.1 Å². The van der Waals surface area contributed by atoms with E-state index >= 15 is 0 Å². The summed E-state index contributed by atoms with van der Waals surface area (Å²) in [6.07, 6.45) is 4.44. The van der Waals surface area contributed by atoms with Gasteiger partial charge < -0.3 is 5.32 Å². The van der Waals surface area contributed by atoms with Crippen LogP contribution in [0.15, 0.2) is 36.4 Å². The van der Waals surface area contributed by atoms with E-state index in [1.165, 1.54) is 17.5 Å². The van der Waals surface area contributed by atoms with Gasteiger partial charge in [-0.2, -0.15) is 0 Å². The van der Waals surface area contributed by atoms with Crippen molar-refractivity contribution in [3.05, 3.63) is 63.7 Å². The monoisotopic (exact) mass is 420 g/mol. The molecular formula is C21H25ClN2O3S. The molecule has 0 bridgehead atoms. The maximum absolute atomic E-state index is 12.6. The lowest BCUT2D eigenvalue weighted by Gasteiger charge is -2.25. The molecule has 1 aliphatic rings. The van der Waals surface area contributed by atoms with E-state index in [0.717, 1.165) is 29.0 Å². The molecule has 28 heavy (non-hydrogen) atoms. The molecule has 0 aromatic heterocycles. The molecule has 5 nitrogen and oxygen atoms in total. The topological polar surface area (TPSA) is 66.5 Å². The summed E-state index contributed by atoms with van der Waals surface area (Å²) >= 11 is 6.13. The Morgan fingerprint density at radius 3 is 2.64 bits per heavy atom. The van der Waals surface area contributed by atoms with Crippen molar-refractivity contribution in [3.8, 4) is 0 Å². The Bertz CT molecular complexity index is 1000. The molecule has 0 spiro atoms. The fraction of sp³-hybridized carbons (Fsp3) is 0.381. The normalized spacial score (nSPS) is 14.4. The number of anilines is 1. The van der Waals surface area contributed by atoms with Crippen LogP contribution in [0, 0.1) is 6.92 Å². The van der Waals surface area contributed by atoms with Gasteiger partial charge in [0.15, 0.2) is 0 Å². The van der Waals surface area contributed by atoms with Gasteiger partial charge in [-0.1, -0.05) is 35.9 Å². The Balaban J connectivity index is 1.76. The number of rotatable bonds is 6. The first-order chi connectivity index (χ1) is 13.2. The van der Waals surface area contributed by atoms with E-state index in [1.54, 1.807) is 25.1 Å². The molecule has 2 aromatic rings. The van der Waals surface area contributed by atoms with Gasteiger partial charge in [-0.3, -0.25) is 9.10 Å². The molecule has 1 aliphatic carbocycles. The SMILES string of the molecule is Cc1c(Cl)cccc1N(CC(=O)NC(C)c1ccc2c(c1)CCC2)S(C)(=O)=O. The molecule has 3 rings (SSSR count). The van der Waals surface area contributed by atoms with Gasteiger partial charge in [-0.05, 0) is 67.5 Å². The zero-order valence-electron chi connectivity index (χ0n) is 16.3. The second kappa shape index (κ2) is 8.13. The third-order valence-electron chi connectivity index (χ3n) is 5.20. The van der Waals surface area contributed by atoms with Crippen molar-refractivity contribution in [3.63, 3.8) is 0 Å². The highest BCUT2D eigenvalue weighted by molar-refractivity contribution is 7.92. The molecule has 0 saturated heterocycles. The first-order valence-electron chi connectivity index (χ1n) is 9.30. The molecule has 2 aromatic carbocycles. The van der Waals surface area contributed by atoms with E-state index < -0.39 is 10.0 Å². The van der Waals surface area contributed by atoms with Crippen molar-refractivity contribution >= 4 is 33.2 Å². The van der Waals surface area contributed by atoms with E-state index in [4.69, 9.17) is 11.6 Å². The van der Waals surface area contributed by atoms with E-state index in [1.807, 2.05) is 13.0 Å². The Morgan fingerprint density at radius 1 is 1.21 bits per heavy atom. The number of hydrogen-bond donors (Lipinski definition) is 1. The highest BCUT2D eigenvalue weighted by atomic mass is 35.5. The van der Waals surface area contributed by atoms with Gasteiger partial charge in [0, 0.05) is 5.02 Å². The molecule has 1 amide bonds. The fourth-order valence-electron chi connectivity index (χ4n) is 3.61. The van der Waals surface area contributed by atoms with Gasteiger partial charge in [0.2, 0.25) is 15.9 Å². The number of fused-ring (bicyclic) bond motifs is 1. The average molecular weight is 421 g/mol. The lowest BCUT2D eigenvalue weighted by atomic mass is 10.0.